The highest BCUT2D eigenvalue weighted by Crippen LogP contribution is 2.42. The number of rotatable bonds is 3. The van der Waals surface area contributed by atoms with Gasteiger partial charge in [-0.2, -0.15) is 14.3 Å². The standard InChI is InChI=1S/C20H19N7O3/c1-10-19-13(12-4-5-14(28)15(8-12)30-3)9-18(29)21-20(19)27(24-10)17-7-6-16-23-22-11(2)26(16)25-17/h4-8,13,28H,9H2,1-3H3,(H,21,29)/t13-/m0/s1. The molecule has 1 aliphatic heterocycles. The Morgan fingerprint density at radius 3 is 2.80 bits per heavy atom. The zero-order valence-electron chi connectivity index (χ0n) is 16.6. The highest BCUT2D eigenvalue weighted by molar-refractivity contribution is 5.95. The number of nitrogens with one attached hydrogen (secondary N) is 1. The molecule has 30 heavy (non-hydrogen) atoms. The van der Waals surface area contributed by atoms with Crippen LogP contribution in [0.5, 0.6) is 11.5 Å². The molecular formula is C20H19N7O3. The molecule has 4 heterocycles. The molecule has 3 aromatic heterocycles. The van der Waals surface area contributed by atoms with E-state index < -0.39 is 0 Å². The third-order valence-electron chi connectivity index (χ3n) is 5.33. The van der Waals surface area contributed by atoms with Crippen LogP contribution in [0.2, 0.25) is 0 Å². The van der Waals surface area contributed by atoms with E-state index in [1.54, 1.807) is 39.5 Å². The van der Waals surface area contributed by atoms with E-state index in [0.29, 0.717) is 28.9 Å². The number of ether oxygens (including phenoxy) is 1. The molecule has 5 rings (SSSR count). The van der Waals surface area contributed by atoms with Gasteiger partial charge in [0.05, 0.1) is 12.8 Å². The van der Waals surface area contributed by atoms with Gasteiger partial charge < -0.3 is 15.2 Å². The van der Waals surface area contributed by atoms with Gasteiger partial charge in [-0.25, -0.2) is 0 Å². The number of anilines is 1. The van der Waals surface area contributed by atoms with E-state index >= 15 is 0 Å². The van der Waals surface area contributed by atoms with E-state index in [1.165, 1.54) is 7.11 Å². The summed E-state index contributed by atoms with van der Waals surface area (Å²) in [5, 5.41) is 30.2. The van der Waals surface area contributed by atoms with E-state index in [2.05, 4.69) is 25.7 Å². The van der Waals surface area contributed by atoms with Gasteiger partial charge in [-0.3, -0.25) is 4.79 Å². The third kappa shape index (κ3) is 2.68. The van der Waals surface area contributed by atoms with Crippen molar-refractivity contribution in [3.8, 4) is 17.3 Å². The Morgan fingerprint density at radius 2 is 2.00 bits per heavy atom. The molecular weight excluding hydrogens is 386 g/mol. The van der Waals surface area contributed by atoms with Crippen molar-refractivity contribution in [1.29, 1.82) is 0 Å². The molecule has 1 aliphatic rings. The van der Waals surface area contributed by atoms with Crippen molar-refractivity contribution in [1.82, 2.24) is 29.6 Å². The summed E-state index contributed by atoms with van der Waals surface area (Å²) >= 11 is 0. The zero-order valence-corrected chi connectivity index (χ0v) is 16.6. The molecule has 1 aromatic carbocycles. The minimum atomic E-state index is -0.225. The fourth-order valence-electron chi connectivity index (χ4n) is 3.91. The van der Waals surface area contributed by atoms with Gasteiger partial charge in [0.2, 0.25) is 5.91 Å². The maximum atomic E-state index is 12.6. The number of carbonyl (C=O) groups excluding carboxylic acids is 1. The largest absolute Gasteiger partial charge is 0.504 e. The lowest BCUT2D eigenvalue weighted by Gasteiger charge is -2.24. The molecule has 0 unspecified atom stereocenters. The van der Waals surface area contributed by atoms with Crippen molar-refractivity contribution < 1.29 is 14.6 Å². The number of nitrogens with zero attached hydrogens (tertiary/aromatic N) is 6. The molecule has 152 valence electrons. The molecule has 0 saturated heterocycles. The summed E-state index contributed by atoms with van der Waals surface area (Å²) in [6, 6.07) is 8.72. The molecule has 0 bridgehead atoms. The van der Waals surface area contributed by atoms with E-state index in [4.69, 9.17) is 4.74 Å². The molecule has 10 nitrogen and oxygen atoms in total. The first-order valence-corrected chi connectivity index (χ1v) is 9.42. The number of aryl methyl sites for hydroxylation is 2. The number of methoxy groups -OCH3 is 1. The van der Waals surface area contributed by atoms with Gasteiger partial charge in [-0.05, 0) is 43.7 Å². The predicted octanol–water partition coefficient (Wildman–Crippen LogP) is 2.12. The van der Waals surface area contributed by atoms with Gasteiger partial charge in [-0.15, -0.1) is 15.3 Å². The Bertz CT molecular complexity index is 1310. The van der Waals surface area contributed by atoms with Crippen LogP contribution in [-0.4, -0.2) is 47.7 Å². The van der Waals surface area contributed by atoms with Crippen LogP contribution in [0.25, 0.3) is 11.5 Å². The van der Waals surface area contributed by atoms with Crippen molar-refractivity contribution in [2.45, 2.75) is 26.2 Å². The van der Waals surface area contributed by atoms with Crippen molar-refractivity contribution in [3.63, 3.8) is 0 Å². The number of aromatic hydroxyl groups is 1. The van der Waals surface area contributed by atoms with Crippen LogP contribution in [0.4, 0.5) is 5.82 Å². The zero-order chi connectivity index (χ0) is 21.0. The fourth-order valence-corrected chi connectivity index (χ4v) is 3.91. The van der Waals surface area contributed by atoms with Crippen LogP contribution in [-0.2, 0) is 4.79 Å². The van der Waals surface area contributed by atoms with Crippen molar-refractivity contribution in [2.75, 3.05) is 12.4 Å². The Kier molecular flexibility index (Phi) is 3.95. The highest BCUT2D eigenvalue weighted by Gasteiger charge is 2.33. The normalized spacial score (nSPS) is 15.8. The Labute approximate surface area is 171 Å². The summed E-state index contributed by atoms with van der Waals surface area (Å²) in [5.41, 5.74) is 3.18. The lowest BCUT2D eigenvalue weighted by atomic mass is 9.85. The summed E-state index contributed by atoms with van der Waals surface area (Å²) in [6.45, 7) is 3.72. The molecule has 2 N–H and O–H groups in total. The quantitative estimate of drug-likeness (QED) is 0.536. The molecule has 0 spiro atoms. The lowest BCUT2D eigenvalue weighted by Crippen LogP contribution is -2.25. The molecule has 10 heteroatoms. The van der Waals surface area contributed by atoms with Crippen LogP contribution >= 0.6 is 0 Å². The summed E-state index contributed by atoms with van der Waals surface area (Å²) < 4.78 is 8.51. The second-order valence-corrected chi connectivity index (χ2v) is 7.20. The number of phenolic OH excluding ortho intramolecular Hbond substituents is 1. The monoisotopic (exact) mass is 405 g/mol. The average Bonchev–Trinajstić information content (AvgIpc) is 3.27. The minimum Gasteiger partial charge on any atom is -0.504 e. The number of amides is 1. The maximum Gasteiger partial charge on any atom is 0.226 e. The first-order chi connectivity index (χ1) is 14.5. The van der Waals surface area contributed by atoms with Gasteiger partial charge in [0, 0.05) is 17.9 Å². The first-order valence-electron chi connectivity index (χ1n) is 9.42. The van der Waals surface area contributed by atoms with Crippen LogP contribution in [0.1, 0.15) is 35.0 Å². The first kappa shape index (κ1) is 18.1. The summed E-state index contributed by atoms with van der Waals surface area (Å²) in [4.78, 5) is 12.6. The number of fused-ring (bicyclic) bond motifs is 2. The topological polar surface area (TPSA) is 119 Å². The molecule has 4 aromatic rings. The van der Waals surface area contributed by atoms with Crippen LogP contribution in [0, 0.1) is 13.8 Å². The Balaban J connectivity index is 1.67. The van der Waals surface area contributed by atoms with Gasteiger partial charge in [-0.1, -0.05) is 6.07 Å². The van der Waals surface area contributed by atoms with E-state index in [9.17, 15) is 9.90 Å². The molecule has 1 amide bonds. The predicted molar refractivity (Wildman–Crippen MR) is 107 cm³/mol. The maximum absolute atomic E-state index is 12.6. The number of aromatic nitrogens is 6. The summed E-state index contributed by atoms with van der Waals surface area (Å²) in [5.74, 6) is 1.84. The molecule has 1 atom stereocenters. The second-order valence-electron chi connectivity index (χ2n) is 7.20. The van der Waals surface area contributed by atoms with Gasteiger partial charge in [0.1, 0.15) is 5.82 Å². The third-order valence-corrected chi connectivity index (χ3v) is 5.33. The number of hydrogen-bond acceptors (Lipinski definition) is 7. The Hall–Kier alpha value is -3.95. The van der Waals surface area contributed by atoms with Gasteiger partial charge >= 0.3 is 0 Å². The highest BCUT2D eigenvalue weighted by atomic mass is 16.5. The second kappa shape index (κ2) is 6.55. The van der Waals surface area contributed by atoms with E-state index in [1.807, 2.05) is 13.8 Å². The van der Waals surface area contributed by atoms with Gasteiger partial charge in [0.15, 0.2) is 28.8 Å². The summed E-state index contributed by atoms with van der Waals surface area (Å²) in [7, 11) is 1.50. The van der Waals surface area contributed by atoms with E-state index in [-0.39, 0.29) is 24.0 Å². The number of hydrogen-bond donors (Lipinski definition) is 2. The van der Waals surface area contributed by atoms with Crippen LogP contribution in [0.3, 0.4) is 0 Å². The molecule has 0 aliphatic carbocycles. The average molecular weight is 405 g/mol. The molecule has 0 saturated carbocycles. The van der Waals surface area contributed by atoms with Gasteiger partial charge in [0.25, 0.3) is 0 Å². The molecule has 0 fully saturated rings. The number of carbonyl (C=O) groups is 1. The van der Waals surface area contributed by atoms with Crippen molar-refractivity contribution in [3.05, 3.63) is 53.0 Å². The van der Waals surface area contributed by atoms with Crippen molar-refractivity contribution >= 4 is 17.4 Å². The van der Waals surface area contributed by atoms with Crippen molar-refractivity contribution in [2.24, 2.45) is 0 Å². The lowest BCUT2D eigenvalue weighted by molar-refractivity contribution is -0.116. The van der Waals surface area contributed by atoms with Crippen LogP contribution < -0.4 is 10.1 Å². The number of benzene rings is 1. The SMILES string of the molecule is COc1cc([C@@H]2CC(=O)Nc3c2c(C)nn3-c2ccc3nnc(C)n3n2)ccc1O. The minimum absolute atomic E-state index is 0.0518. The number of phenols is 1. The smallest absolute Gasteiger partial charge is 0.226 e. The van der Waals surface area contributed by atoms with Crippen LogP contribution in [0.15, 0.2) is 30.3 Å². The molecule has 0 radical (unpaired) electrons. The van der Waals surface area contributed by atoms with E-state index in [0.717, 1.165) is 16.8 Å². The Morgan fingerprint density at radius 1 is 1.17 bits per heavy atom. The fraction of sp³-hybridized carbons (Fsp3) is 0.250. The summed E-state index contributed by atoms with van der Waals surface area (Å²) in [6.07, 6.45) is 0.268.